The zero-order valence-corrected chi connectivity index (χ0v) is 14.0. The Kier molecular flexibility index (Phi) is 6.95. The average molecular weight is 344 g/mol. The highest BCUT2D eigenvalue weighted by atomic mass is 19.1. The lowest BCUT2D eigenvalue weighted by molar-refractivity contribution is -0.139. The van der Waals surface area contributed by atoms with E-state index in [4.69, 9.17) is 4.74 Å². The first-order valence-electron chi connectivity index (χ1n) is 8.02. The van der Waals surface area contributed by atoms with Gasteiger partial charge in [-0.05, 0) is 48.2 Å². The maximum atomic E-state index is 12.8. The molecular formula is C19H21FN2O3. The summed E-state index contributed by atoms with van der Waals surface area (Å²) in [5, 5.41) is 5.13. The Morgan fingerprint density at radius 3 is 1.72 bits per heavy atom. The average Bonchev–Trinajstić information content (AvgIpc) is 2.63. The fourth-order valence-corrected chi connectivity index (χ4v) is 2.24. The lowest BCUT2D eigenvalue weighted by Gasteiger charge is -2.07. The standard InChI is InChI=1S/C19H21FN2O3/c1-25-17-8-4-15(5-9-17)11-13-22-19(24)18(23)21-12-10-14-2-6-16(20)7-3-14/h2-9H,10-13H2,1H3,(H,21,23)(H,22,24). The number of carbonyl (C=O) groups is 2. The van der Waals surface area contributed by atoms with E-state index in [1.165, 1.54) is 12.1 Å². The molecule has 2 rings (SSSR count). The van der Waals surface area contributed by atoms with Crippen molar-refractivity contribution < 1.29 is 18.7 Å². The molecule has 0 aliphatic rings. The number of carbonyl (C=O) groups excluding carboxylic acids is 2. The zero-order valence-electron chi connectivity index (χ0n) is 14.0. The smallest absolute Gasteiger partial charge is 0.309 e. The molecule has 0 saturated heterocycles. The van der Waals surface area contributed by atoms with Crippen molar-refractivity contribution in [2.45, 2.75) is 12.8 Å². The first-order chi connectivity index (χ1) is 12.1. The van der Waals surface area contributed by atoms with Gasteiger partial charge in [-0.1, -0.05) is 24.3 Å². The Morgan fingerprint density at radius 2 is 1.28 bits per heavy atom. The number of rotatable bonds is 7. The van der Waals surface area contributed by atoms with Gasteiger partial charge in [-0.25, -0.2) is 4.39 Å². The van der Waals surface area contributed by atoms with E-state index in [2.05, 4.69) is 10.6 Å². The summed E-state index contributed by atoms with van der Waals surface area (Å²) in [5.74, 6) is -0.859. The van der Waals surface area contributed by atoms with Crippen LogP contribution in [0.15, 0.2) is 48.5 Å². The predicted molar refractivity (Wildman–Crippen MR) is 92.8 cm³/mol. The minimum atomic E-state index is -0.670. The Labute approximate surface area is 146 Å². The molecule has 0 spiro atoms. The number of hydrogen-bond acceptors (Lipinski definition) is 3. The second-order valence-corrected chi connectivity index (χ2v) is 5.49. The number of amides is 2. The van der Waals surface area contributed by atoms with E-state index < -0.39 is 11.8 Å². The molecule has 0 aromatic heterocycles. The molecule has 2 aromatic carbocycles. The van der Waals surface area contributed by atoms with Crippen LogP contribution in [-0.4, -0.2) is 32.0 Å². The van der Waals surface area contributed by atoms with Gasteiger partial charge >= 0.3 is 11.8 Å². The van der Waals surface area contributed by atoms with E-state index in [1.807, 2.05) is 24.3 Å². The fourth-order valence-electron chi connectivity index (χ4n) is 2.24. The lowest BCUT2D eigenvalue weighted by Crippen LogP contribution is -2.41. The number of halogens is 1. The van der Waals surface area contributed by atoms with Crippen molar-refractivity contribution in [1.29, 1.82) is 0 Å². The molecule has 0 aliphatic heterocycles. The van der Waals surface area contributed by atoms with Crippen LogP contribution in [0.5, 0.6) is 5.75 Å². The topological polar surface area (TPSA) is 67.4 Å². The summed E-state index contributed by atoms with van der Waals surface area (Å²) < 4.78 is 17.9. The summed E-state index contributed by atoms with van der Waals surface area (Å²) in [7, 11) is 1.60. The van der Waals surface area contributed by atoms with E-state index >= 15 is 0 Å². The normalized spacial score (nSPS) is 10.2. The van der Waals surface area contributed by atoms with Crippen LogP contribution >= 0.6 is 0 Å². The quantitative estimate of drug-likeness (QED) is 0.754. The molecule has 0 atom stereocenters. The van der Waals surface area contributed by atoms with Crippen LogP contribution in [0.1, 0.15) is 11.1 Å². The summed E-state index contributed by atoms with van der Waals surface area (Å²) in [4.78, 5) is 23.4. The Hall–Kier alpha value is -2.89. The van der Waals surface area contributed by atoms with Crippen molar-refractivity contribution in [3.05, 3.63) is 65.5 Å². The Balaban J connectivity index is 1.65. The maximum absolute atomic E-state index is 12.8. The number of ether oxygens (including phenoxy) is 1. The van der Waals surface area contributed by atoms with Crippen LogP contribution in [0, 0.1) is 5.82 Å². The van der Waals surface area contributed by atoms with Gasteiger partial charge in [0.25, 0.3) is 0 Å². The van der Waals surface area contributed by atoms with E-state index in [-0.39, 0.29) is 5.82 Å². The summed E-state index contributed by atoms with van der Waals surface area (Å²) in [6.07, 6.45) is 1.16. The monoisotopic (exact) mass is 344 g/mol. The van der Waals surface area contributed by atoms with Gasteiger partial charge in [0.15, 0.2) is 0 Å². The molecule has 2 amide bonds. The van der Waals surface area contributed by atoms with Crippen molar-refractivity contribution >= 4 is 11.8 Å². The molecule has 6 heteroatoms. The first kappa shape index (κ1) is 18.4. The molecule has 0 fully saturated rings. The van der Waals surface area contributed by atoms with Crippen molar-refractivity contribution in [2.24, 2.45) is 0 Å². The summed E-state index contributed by atoms with van der Waals surface area (Å²) >= 11 is 0. The van der Waals surface area contributed by atoms with Gasteiger partial charge < -0.3 is 15.4 Å². The molecule has 0 unspecified atom stereocenters. The first-order valence-corrected chi connectivity index (χ1v) is 8.02. The molecule has 0 aliphatic carbocycles. The molecule has 0 heterocycles. The second kappa shape index (κ2) is 9.42. The van der Waals surface area contributed by atoms with Crippen LogP contribution in [0.25, 0.3) is 0 Å². The van der Waals surface area contributed by atoms with Gasteiger partial charge in [0, 0.05) is 13.1 Å². The molecule has 5 nitrogen and oxygen atoms in total. The second-order valence-electron chi connectivity index (χ2n) is 5.49. The Bertz CT molecular complexity index is 700. The highest BCUT2D eigenvalue weighted by Gasteiger charge is 2.11. The molecule has 25 heavy (non-hydrogen) atoms. The molecule has 0 saturated carbocycles. The maximum Gasteiger partial charge on any atom is 0.309 e. The number of nitrogens with one attached hydrogen (secondary N) is 2. The highest BCUT2D eigenvalue weighted by molar-refractivity contribution is 6.35. The predicted octanol–water partition coefficient (Wildman–Crippen LogP) is 1.85. The summed E-state index contributed by atoms with van der Waals surface area (Å²) in [6.45, 7) is 0.687. The van der Waals surface area contributed by atoms with Gasteiger partial charge in [0.1, 0.15) is 11.6 Å². The molecular weight excluding hydrogens is 323 g/mol. The SMILES string of the molecule is COc1ccc(CCNC(=O)C(=O)NCCc2ccc(F)cc2)cc1. The lowest BCUT2D eigenvalue weighted by atomic mass is 10.1. The highest BCUT2D eigenvalue weighted by Crippen LogP contribution is 2.11. The number of hydrogen-bond donors (Lipinski definition) is 2. The minimum absolute atomic E-state index is 0.302. The summed E-state index contributed by atoms with van der Waals surface area (Å²) in [6, 6.07) is 13.5. The van der Waals surface area contributed by atoms with E-state index in [9.17, 15) is 14.0 Å². The zero-order chi connectivity index (χ0) is 18.1. The van der Waals surface area contributed by atoms with Crippen LogP contribution in [0.2, 0.25) is 0 Å². The molecule has 132 valence electrons. The fraction of sp³-hybridized carbons (Fsp3) is 0.263. The molecule has 2 aromatic rings. The van der Waals surface area contributed by atoms with Crippen LogP contribution in [0.4, 0.5) is 4.39 Å². The summed E-state index contributed by atoms with van der Waals surface area (Å²) in [5.41, 5.74) is 1.93. The van der Waals surface area contributed by atoms with Crippen LogP contribution in [-0.2, 0) is 22.4 Å². The van der Waals surface area contributed by atoms with Gasteiger partial charge in [0.2, 0.25) is 0 Å². The van der Waals surface area contributed by atoms with Crippen molar-refractivity contribution in [3.8, 4) is 5.75 Å². The van der Waals surface area contributed by atoms with Crippen molar-refractivity contribution in [3.63, 3.8) is 0 Å². The van der Waals surface area contributed by atoms with Crippen molar-refractivity contribution in [2.75, 3.05) is 20.2 Å². The largest absolute Gasteiger partial charge is 0.497 e. The Morgan fingerprint density at radius 1 is 0.840 bits per heavy atom. The van der Waals surface area contributed by atoms with Crippen LogP contribution < -0.4 is 15.4 Å². The van der Waals surface area contributed by atoms with Gasteiger partial charge in [0.05, 0.1) is 7.11 Å². The number of benzene rings is 2. The van der Waals surface area contributed by atoms with Gasteiger partial charge in [-0.2, -0.15) is 0 Å². The van der Waals surface area contributed by atoms with Crippen LogP contribution in [0.3, 0.4) is 0 Å². The van der Waals surface area contributed by atoms with Gasteiger partial charge in [-0.3, -0.25) is 9.59 Å². The molecule has 0 radical (unpaired) electrons. The van der Waals surface area contributed by atoms with Crippen molar-refractivity contribution in [1.82, 2.24) is 10.6 Å². The number of methoxy groups -OCH3 is 1. The third kappa shape index (κ3) is 6.25. The van der Waals surface area contributed by atoms with E-state index in [0.717, 1.165) is 16.9 Å². The van der Waals surface area contributed by atoms with Gasteiger partial charge in [-0.15, -0.1) is 0 Å². The minimum Gasteiger partial charge on any atom is -0.497 e. The third-order valence-electron chi connectivity index (χ3n) is 3.68. The molecule has 2 N–H and O–H groups in total. The molecule has 0 bridgehead atoms. The van der Waals surface area contributed by atoms with E-state index in [0.29, 0.717) is 25.9 Å². The third-order valence-corrected chi connectivity index (χ3v) is 3.68. The van der Waals surface area contributed by atoms with E-state index in [1.54, 1.807) is 19.2 Å².